The van der Waals surface area contributed by atoms with E-state index >= 15 is 0 Å². The van der Waals surface area contributed by atoms with Gasteiger partial charge in [-0.05, 0) is 35.6 Å². The van der Waals surface area contributed by atoms with Crippen LogP contribution in [0, 0.1) is 11.2 Å². The van der Waals surface area contributed by atoms with E-state index in [2.05, 4.69) is 33.0 Å². The summed E-state index contributed by atoms with van der Waals surface area (Å²) < 4.78 is 13.6. The molecule has 1 aromatic rings. The van der Waals surface area contributed by atoms with Crippen molar-refractivity contribution < 1.29 is 4.39 Å². The van der Waals surface area contributed by atoms with Gasteiger partial charge in [0.2, 0.25) is 0 Å². The SMILES string of the molecule is CC(C)NCC(C)(C)Cc1cc(Cl)ccc1F. The molecule has 0 saturated carbocycles. The fraction of sp³-hybridized carbons (Fsp3) is 0.571. The van der Waals surface area contributed by atoms with Crippen LogP contribution >= 0.6 is 11.6 Å². The third kappa shape index (κ3) is 5.05. The summed E-state index contributed by atoms with van der Waals surface area (Å²) in [5, 5.41) is 3.98. The molecule has 0 unspecified atom stereocenters. The lowest BCUT2D eigenvalue weighted by atomic mass is 9.85. The lowest BCUT2D eigenvalue weighted by Crippen LogP contribution is -2.35. The number of halogens is 2. The minimum absolute atomic E-state index is 0.00971. The van der Waals surface area contributed by atoms with Crippen molar-refractivity contribution in [3.63, 3.8) is 0 Å². The first kappa shape index (κ1) is 14.5. The molecular formula is C14H21ClFN. The number of benzene rings is 1. The summed E-state index contributed by atoms with van der Waals surface area (Å²) >= 11 is 5.89. The molecule has 1 nitrogen and oxygen atoms in total. The van der Waals surface area contributed by atoms with Gasteiger partial charge in [-0.25, -0.2) is 4.39 Å². The first-order chi connectivity index (χ1) is 7.80. The molecule has 0 saturated heterocycles. The topological polar surface area (TPSA) is 12.0 Å². The average molecular weight is 258 g/mol. The van der Waals surface area contributed by atoms with Crippen LogP contribution in [-0.2, 0) is 6.42 Å². The molecule has 96 valence electrons. The molecule has 0 fully saturated rings. The van der Waals surface area contributed by atoms with Gasteiger partial charge >= 0.3 is 0 Å². The first-order valence-corrected chi connectivity index (χ1v) is 6.35. The molecule has 0 amide bonds. The van der Waals surface area contributed by atoms with Gasteiger partial charge in [-0.2, -0.15) is 0 Å². The van der Waals surface area contributed by atoms with Gasteiger partial charge < -0.3 is 5.32 Å². The number of hydrogen-bond acceptors (Lipinski definition) is 1. The van der Waals surface area contributed by atoms with Gasteiger partial charge in [0.1, 0.15) is 5.82 Å². The van der Waals surface area contributed by atoms with Crippen molar-refractivity contribution in [3.8, 4) is 0 Å². The summed E-state index contributed by atoms with van der Waals surface area (Å²) in [7, 11) is 0. The quantitative estimate of drug-likeness (QED) is 0.839. The van der Waals surface area contributed by atoms with Crippen LogP contribution in [0.3, 0.4) is 0 Å². The predicted octanol–water partition coefficient (Wildman–Crippen LogP) is 4.05. The monoisotopic (exact) mass is 257 g/mol. The van der Waals surface area contributed by atoms with E-state index < -0.39 is 0 Å². The average Bonchev–Trinajstić information content (AvgIpc) is 2.20. The van der Waals surface area contributed by atoms with E-state index in [0.29, 0.717) is 23.0 Å². The zero-order valence-electron chi connectivity index (χ0n) is 11.0. The maximum atomic E-state index is 13.6. The highest BCUT2D eigenvalue weighted by Gasteiger charge is 2.20. The Balaban J connectivity index is 2.71. The van der Waals surface area contributed by atoms with E-state index in [1.54, 1.807) is 12.1 Å². The summed E-state index contributed by atoms with van der Waals surface area (Å²) in [6, 6.07) is 5.18. The molecule has 0 aliphatic heterocycles. The standard InChI is InChI=1S/C14H21ClFN/c1-10(2)17-9-14(3,4)8-11-7-12(15)5-6-13(11)16/h5-7,10,17H,8-9H2,1-4H3. The normalized spacial score (nSPS) is 12.2. The summed E-state index contributed by atoms with van der Waals surface area (Å²) in [5.74, 6) is -0.174. The largest absolute Gasteiger partial charge is 0.314 e. The van der Waals surface area contributed by atoms with Crippen LogP contribution in [0.1, 0.15) is 33.3 Å². The molecule has 0 spiro atoms. The summed E-state index contributed by atoms with van der Waals surface area (Å²) in [6.45, 7) is 9.33. The minimum atomic E-state index is -0.174. The van der Waals surface area contributed by atoms with Crippen molar-refractivity contribution in [1.29, 1.82) is 0 Å². The highest BCUT2D eigenvalue weighted by Crippen LogP contribution is 2.25. The molecule has 0 aliphatic carbocycles. The Hall–Kier alpha value is -0.600. The van der Waals surface area contributed by atoms with Crippen LogP contribution in [0.25, 0.3) is 0 Å². The van der Waals surface area contributed by atoms with Gasteiger partial charge in [0, 0.05) is 17.6 Å². The van der Waals surface area contributed by atoms with E-state index in [1.807, 2.05) is 0 Å². The molecule has 0 atom stereocenters. The van der Waals surface area contributed by atoms with Gasteiger partial charge in [0.25, 0.3) is 0 Å². The Labute approximate surface area is 108 Å². The number of nitrogens with one attached hydrogen (secondary N) is 1. The molecule has 0 aromatic heterocycles. The van der Waals surface area contributed by atoms with E-state index in [9.17, 15) is 4.39 Å². The van der Waals surface area contributed by atoms with Gasteiger partial charge in [0.15, 0.2) is 0 Å². The Morgan fingerprint density at radius 3 is 2.59 bits per heavy atom. The van der Waals surface area contributed by atoms with Crippen LogP contribution in [0.4, 0.5) is 4.39 Å². The van der Waals surface area contributed by atoms with E-state index in [4.69, 9.17) is 11.6 Å². The second kappa shape index (κ2) is 5.83. The Bertz CT molecular complexity index is 374. The molecule has 17 heavy (non-hydrogen) atoms. The van der Waals surface area contributed by atoms with Crippen LogP contribution < -0.4 is 5.32 Å². The molecular weight excluding hydrogens is 237 g/mol. The fourth-order valence-corrected chi connectivity index (χ4v) is 1.93. The summed E-state index contributed by atoms with van der Waals surface area (Å²) in [6.07, 6.45) is 0.680. The fourth-order valence-electron chi connectivity index (χ4n) is 1.74. The highest BCUT2D eigenvalue weighted by atomic mass is 35.5. The zero-order chi connectivity index (χ0) is 13.1. The van der Waals surface area contributed by atoms with Gasteiger partial charge in [-0.3, -0.25) is 0 Å². The minimum Gasteiger partial charge on any atom is -0.314 e. The highest BCUT2D eigenvalue weighted by molar-refractivity contribution is 6.30. The van der Waals surface area contributed by atoms with Gasteiger partial charge in [0.05, 0.1) is 0 Å². The van der Waals surface area contributed by atoms with Gasteiger partial charge in [-0.15, -0.1) is 0 Å². The molecule has 0 bridgehead atoms. The molecule has 0 aliphatic rings. The van der Waals surface area contributed by atoms with Crippen LogP contribution in [0.2, 0.25) is 5.02 Å². The smallest absolute Gasteiger partial charge is 0.126 e. The zero-order valence-corrected chi connectivity index (χ0v) is 11.7. The Morgan fingerprint density at radius 2 is 2.00 bits per heavy atom. The van der Waals surface area contributed by atoms with Crippen molar-refractivity contribution >= 4 is 11.6 Å². The Morgan fingerprint density at radius 1 is 1.35 bits per heavy atom. The Kier molecular flexibility index (Phi) is 4.96. The molecule has 0 radical (unpaired) electrons. The maximum Gasteiger partial charge on any atom is 0.126 e. The molecule has 0 heterocycles. The first-order valence-electron chi connectivity index (χ1n) is 5.97. The van der Waals surface area contributed by atoms with Crippen LogP contribution in [0.15, 0.2) is 18.2 Å². The molecule has 1 rings (SSSR count). The third-order valence-electron chi connectivity index (χ3n) is 2.67. The lowest BCUT2D eigenvalue weighted by Gasteiger charge is -2.26. The van der Waals surface area contributed by atoms with Crippen molar-refractivity contribution in [3.05, 3.63) is 34.6 Å². The van der Waals surface area contributed by atoms with Crippen LogP contribution in [0.5, 0.6) is 0 Å². The van der Waals surface area contributed by atoms with E-state index in [0.717, 1.165) is 6.54 Å². The summed E-state index contributed by atoms with van der Waals surface area (Å²) in [5.41, 5.74) is 0.698. The van der Waals surface area contributed by atoms with Crippen molar-refractivity contribution in [2.75, 3.05) is 6.54 Å². The second-order valence-electron chi connectivity index (χ2n) is 5.61. The van der Waals surface area contributed by atoms with Crippen molar-refractivity contribution in [1.82, 2.24) is 5.32 Å². The number of hydrogen-bond donors (Lipinski definition) is 1. The molecule has 3 heteroatoms. The molecule has 1 aromatic carbocycles. The third-order valence-corrected chi connectivity index (χ3v) is 2.90. The van der Waals surface area contributed by atoms with E-state index in [1.165, 1.54) is 6.07 Å². The maximum absolute atomic E-state index is 13.6. The van der Waals surface area contributed by atoms with E-state index in [-0.39, 0.29) is 11.2 Å². The summed E-state index contributed by atoms with van der Waals surface area (Å²) in [4.78, 5) is 0. The van der Waals surface area contributed by atoms with Crippen molar-refractivity contribution in [2.45, 2.75) is 40.2 Å². The second-order valence-corrected chi connectivity index (χ2v) is 6.05. The van der Waals surface area contributed by atoms with Crippen molar-refractivity contribution in [2.24, 2.45) is 5.41 Å². The van der Waals surface area contributed by atoms with Gasteiger partial charge in [-0.1, -0.05) is 39.3 Å². The lowest BCUT2D eigenvalue weighted by molar-refractivity contribution is 0.321. The molecule has 1 N–H and O–H groups in total. The predicted molar refractivity (Wildman–Crippen MR) is 72.0 cm³/mol. The number of rotatable bonds is 5. The van der Waals surface area contributed by atoms with Crippen LogP contribution in [-0.4, -0.2) is 12.6 Å².